The number of benzene rings is 1. The average molecular weight is 299 g/mol. The molecular weight excluding hydrogens is 280 g/mol. The number of likely N-dealkylation sites (N-methyl/N-ethyl adjacent to an activating group) is 1. The Morgan fingerprint density at radius 1 is 1.35 bits per heavy atom. The maximum absolute atomic E-state index is 11.5. The van der Waals surface area contributed by atoms with E-state index in [4.69, 9.17) is 0 Å². The predicted molar refractivity (Wildman–Crippen MR) is 73.8 cm³/mol. The number of rotatable bonds is 5. The largest absolute Gasteiger partial charge is 0.358 e. The number of carbonyl (C=O) groups is 1. The topological polar surface area (TPSA) is 41.1 Å². The Hall–Kier alpha value is -0.870. The molecule has 2 N–H and O–H groups in total. The molecule has 0 aliphatic carbocycles. The number of nitrogens with one attached hydrogen (secondary N) is 2. The fourth-order valence-corrected chi connectivity index (χ4v) is 2.00. The van der Waals surface area contributed by atoms with Crippen molar-refractivity contribution in [1.29, 1.82) is 0 Å². The minimum atomic E-state index is -0.186. The Labute approximate surface area is 111 Å². The summed E-state index contributed by atoms with van der Waals surface area (Å²) in [5.74, 6) is 0.0144. The monoisotopic (exact) mass is 298 g/mol. The highest BCUT2D eigenvalue weighted by atomic mass is 79.9. The van der Waals surface area contributed by atoms with E-state index < -0.39 is 0 Å². The van der Waals surface area contributed by atoms with Crippen LogP contribution in [0.2, 0.25) is 0 Å². The second-order valence-electron chi connectivity index (χ2n) is 4.01. The third-order valence-electron chi connectivity index (χ3n) is 2.77. The summed E-state index contributed by atoms with van der Waals surface area (Å²) in [4.78, 5) is 11.5. The molecule has 2 atom stereocenters. The highest BCUT2D eigenvalue weighted by molar-refractivity contribution is 9.10. The first kappa shape index (κ1) is 14.2. The number of hydrogen-bond acceptors (Lipinski definition) is 2. The van der Waals surface area contributed by atoms with Gasteiger partial charge in [-0.3, -0.25) is 10.1 Å². The van der Waals surface area contributed by atoms with E-state index in [2.05, 4.69) is 45.6 Å². The van der Waals surface area contributed by atoms with Crippen molar-refractivity contribution >= 4 is 21.8 Å². The van der Waals surface area contributed by atoms with Crippen molar-refractivity contribution in [2.45, 2.75) is 32.4 Å². The van der Waals surface area contributed by atoms with Crippen molar-refractivity contribution in [2.24, 2.45) is 0 Å². The molecule has 0 radical (unpaired) electrons. The zero-order valence-corrected chi connectivity index (χ0v) is 12.0. The fraction of sp³-hybridized carbons (Fsp3) is 0.462. The van der Waals surface area contributed by atoms with E-state index in [-0.39, 0.29) is 18.0 Å². The van der Waals surface area contributed by atoms with Crippen LogP contribution in [0.5, 0.6) is 0 Å². The molecule has 0 unspecified atom stereocenters. The lowest BCUT2D eigenvalue weighted by atomic mass is 10.0. The summed E-state index contributed by atoms with van der Waals surface area (Å²) in [6.07, 6.45) is 0.947. The van der Waals surface area contributed by atoms with Crippen LogP contribution in [0.3, 0.4) is 0 Å². The van der Waals surface area contributed by atoms with Gasteiger partial charge >= 0.3 is 0 Å². The van der Waals surface area contributed by atoms with Gasteiger partial charge in [0.15, 0.2) is 0 Å². The summed E-state index contributed by atoms with van der Waals surface area (Å²) < 4.78 is 1.07. The third-order valence-corrected chi connectivity index (χ3v) is 3.30. The standard InChI is InChI=1S/C13H19BrN2O/c1-4-12(16-9(2)13(17)15-3)10-5-7-11(14)8-6-10/h5-9,12,16H,4H2,1-3H3,(H,15,17)/t9-,12-/m0/s1. The number of carbonyl (C=O) groups excluding carboxylic acids is 1. The molecular formula is C13H19BrN2O. The van der Waals surface area contributed by atoms with Gasteiger partial charge < -0.3 is 5.32 Å². The van der Waals surface area contributed by atoms with E-state index in [1.165, 1.54) is 5.56 Å². The van der Waals surface area contributed by atoms with Gasteiger partial charge in [-0.2, -0.15) is 0 Å². The maximum atomic E-state index is 11.5. The summed E-state index contributed by atoms with van der Waals surface area (Å²) in [7, 11) is 1.65. The van der Waals surface area contributed by atoms with Gasteiger partial charge in [-0.05, 0) is 31.0 Å². The van der Waals surface area contributed by atoms with E-state index in [0.29, 0.717) is 0 Å². The van der Waals surface area contributed by atoms with Crippen LogP contribution in [-0.4, -0.2) is 19.0 Å². The summed E-state index contributed by atoms with van der Waals surface area (Å²) in [5.41, 5.74) is 1.20. The van der Waals surface area contributed by atoms with Crippen LogP contribution in [-0.2, 0) is 4.79 Å². The van der Waals surface area contributed by atoms with Crippen molar-refractivity contribution in [1.82, 2.24) is 10.6 Å². The fourth-order valence-electron chi connectivity index (χ4n) is 1.74. The molecule has 1 rings (SSSR count). The molecule has 0 saturated heterocycles. The van der Waals surface area contributed by atoms with E-state index in [0.717, 1.165) is 10.9 Å². The first-order chi connectivity index (χ1) is 8.08. The van der Waals surface area contributed by atoms with Crippen LogP contribution >= 0.6 is 15.9 Å². The van der Waals surface area contributed by atoms with Gasteiger partial charge in [0.25, 0.3) is 0 Å². The zero-order valence-electron chi connectivity index (χ0n) is 10.5. The average Bonchev–Trinajstić information content (AvgIpc) is 2.35. The second-order valence-corrected chi connectivity index (χ2v) is 4.93. The van der Waals surface area contributed by atoms with Crippen molar-refractivity contribution in [3.8, 4) is 0 Å². The summed E-state index contributed by atoms with van der Waals surface area (Å²) >= 11 is 3.42. The molecule has 94 valence electrons. The molecule has 0 aliphatic rings. The quantitative estimate of drug-likeness (QED) is 0.877. The molecule has 0 spiro atoms. The molecule has 0 fully saturated rings. The molecule has 0 saturated carbocycles. The van der Waals surface area contributed by atoms with Gasteiger partial charge in [-0.1, -0.05) is 35.0 Å². The molecule has 0 heterocycles. The van der Waals surface area contributed by atoms with Gasteiger partial charge in [0.05, 0.1) is 6.04 Å². The van der Waals surface area contributed by atoms with E-state index in [1.807, 2.05) is 19.1 Å². The molecule has 0 aromatic heterocycles. The molecule has 0 aliphatic heterocycles. The first-order valence-electron chi connectivity index (χ1n) is 5.81. The highest BCUT2D eigenvalue weighted by Gasteiger charge is 2.16. The van der Waals surface area contributed by atoms with Crippen molar-refractivity contribution in [2.75, 3.05) is 7.05 Å². The molecule has 0 bridgehead atoms. The van der Waals surface area contributed by atoms with Gasteiger partial charge in [-0.25, -0.2) is 0 Å². The Kier molecular flexibility index (Phi) is 5.65. The molecule has 4 heteroatoms. The van der Waals surface area contributed by atoms with Crippen molar-refractivity contribution in [3.63, 3.8) is 0 Å². The normalized spacial score (nSPS) is 14.1. The molecule has 3 nitrogen and oxygen atoms in total. The van der Waals surface area contributed by atoms with Gasteiger partial charge in [-0.15, -0.1) is 0 Å². The van der Waals surface area contributed by atoms with Crippen LogP contribution in [0, 0.1) is 0 Å². The minimum Gasteiger partial charge on any atom is -0.358 e. The Morgan fingerprint density at radius 3 is 2.41 bits per heavy atom. The van der Waals surface area contributed by atoms with Gasteiger partial charge in [0.1, 0.15) is 0 Å². The smallest absolute Gasteiger partial charge is 0.236 e. The zero-order chi connectivity index (χ0) is 12.8. The third kappa shape index (κ3) is 4.13. The molecule has 1 aromatic rings. The van der Waals surface area contributed by atoms with Crippen LogP contribution < -0.4 is 10.6 Å². The lowest BCUT2D eigenvalue weighted by Crippen LogP contribution is -2.42. The SMILES string of the molecule is CC[C@H](N[C@@H](C)C(=O)NC)c1ccc(Br)cc1. The number of hydrogen-bond donors (Lipinski definition) is 2. The number of amides is 1. The first-order valence-corrected chi connectivity index (χ1v) is 6.60. The van der Waals surface area contributed by atoms with Crippen molar-refractivity contribution < 1.29 is 4.79 Å². The van der Waals surface area contributed by atoms with E-state index in [1.54, 1.807) is 7.05 Å². The van der Waals surface area contributed by atoms with Crippen LogP contribution in [0.1, 0.15) is 31.9 Å². The number of halogens is 1. The predicted octanol–water partition coefficient (Wildman–Crippen LogP) is 2.62. The highest BCUT2D eigenvalue weighted by Crippen LogP contribution is 2.19. The van der Waals surface area contributed by atoms with Gasteiger partial charge in [0, 0.05) is 17.6 Å². The minimum absolute atomic E-state index is 0.0144. The van der Waals surface area contributed by atoms with Gasteiger partial charge in [0.2, 0.25) is 5.91 Å². The molecule has 17 heavy (non-hydrogen) atoms. The Morgan fingerprint density at radius 2 is 1.94 bits per heavy atom. The van der Waals surface area contributed by atoms with Crippen LogP contribution in [0.4, 0.5) is 0 Å². The second kappa shape index (κ2) is 6.77. The molecule has 1 amide bonds. The van der Waals surface area contributed by atoms with Crippen LogP contribution in [0.25, 0.3) is 0 Å². The summed E-state index contributed by atoms with van der Waals surface area (Å²) in [6, 6.07) is 8.20. The summed E-state index contributed by atoms with van der Waals surface area (Å²) in [6.45, 7) is 3.98. The van der Waals surface area contributed by atoms with Crippen LogP contribution in [0.15, 0.2) is 28.7 Å². The molecule has 1 aromatic carbocycles. The Balaban J connectivity index is 2.71. The van der Waals surface area contributed by atoms with Crippen molar-refractivity contribution in [3.05, 3.63) is 34.3 Å². The lowest BCUT2D eigenvalue weighted by molar-refractivity contribution is -0.122. The summed E-state index contributed by atoms with van der Waals surface area (Å²) in [5, 5.41) is 5.97. The lowest BCUT2D eigenvalue weighted by Gasteiger charge is -2.21. The van der Waals surface area contributed by atoms with E-state index in [9.17, 15) is 4.79 Å². The van der Waals surface area contributed by atoms with E-state index >= 15 is 0 Å². The maximum Gasteiger partial charge on any atom is 0.236 e. The Bertz CT molecular complexity index is 364.